The predicted molar refractivity (Wildman–Crippen MR) is 179 cm³/mol. The first-order chi connectivity index (χ1) is 22.2. The lowest BCUT2D eigenvalue weighted by molar-refractivity contribution is -0.139. The molecular weight excluding hydrogens is 602 g/mol. The zero-order valence-electron chi connectivity index (χ0n) is 26.4. The van der Waals surface area contributed by atoms with Crippen LogP contribution < -0.4 is 11.1 Å². The third-order valence-electron chi connectivity index (χ3n) is 8.36. The van der Waals surface area contributed by atoms with E-state index in [1.54, 1.807) is 24.3 Å². The number of nitriles is 1. The van der Waals surface area contributed by atoms with Crippen LogP contribution >= 0.6 is 12.6 Å². The van der Waals surface area contributed by atoms with Gasteiger partial charge in [-0.15, -0.1) is 0 Å². The number of hydrogen-bond acceptors (Lipinski definition) is 11. The number of nitrogens with two attached hydrogens (primary N) is 1. The minimum Gasteiger partial charge on any atom is -0.382 e. The van der Waals surface area contributed by atoms with Crippen LogP contribution in [0.15, 0.2) is 42.5 Å². The third-order valence-corrected chi connectivity index (χ3v) is 8.85. The van der Waals surface area contributed by atoms with E-state index in [2.05, 4.69) is 38.1 Å². The van der Waals surface area contributed by atoms with E-state index >= 15 is 0 Å². The Kier molecular flexibility index (Phi) is 11.2. The van der Waals surface area contributed by atoms with Crippen LogP contribution in [0.3, 0.4) is 0 Å². The number of pyridine rings is 1. The summed E-state index contributed by atoms with van der Waals surface area (Å²) in [7, 11) is 0. The van der Waals surface area contributed by atoms with E-state index in [9.17, 15) is 14.9 Å². The van der Waals surface area contributed by atoms with E-state index in [0.717, 1.165) is 45.0 Å². The summed E-state index contributed by atoms with van der Waals surface area (Å²) < 4.78 is 6.02. The van der Waals surface area contributed by atoms with Gasteiger partial charge in [0.2, 0.25) is 11.8 Å². The summed E-state index contributed by atoms with van der Waals surface area (Å²) >= 11 is 4.78. The Morgan fingerprint density at radius 2 is 1.83 bits per heavy atom. The number of aryl methyl sites for hydroxylation is 1. The van der Waals surface area contributed by atoms with Crippen LogP contribution in [0.1, 0.15) is 48.3 Å². The molecule has 0 aliphatic carbocycles. The molecule has 2 aromatic heterocycles. The average Bonchev–Trinajstić information content (AvgIpc) is 3.07. The van der Waals surface area contributed by atoms with E-state index in [1.807, 2.05) is 23.1 Å². The molecule has 0 saturated carbocycles. The summed E-state index contributed by atoms with van der Waals surface area (Å²) in [6.45, 7) is 11.5. The van der Waals surface area contributed by atoms with Gasteiger partial charge < -0.3 is 25.6 Å². The van der Waals surface area contributed by atoms with Crippen LogP contribution in [0.4, 0.5) is 11.5 Å². The molecule has 0 radical (unpaired) electrons. The summed E-state index contributed by atoms with van der Waals surface area (Å²) in [5.74, 6) is 0.257. The molecule has 2 aliphatic rings. The number of carbonyl (C=O) groups excluding carboxylic acids is 2. The number of amides is 2. The lowest BCUT2D eigenvalue weighted by Crippen LogP contribution is -2.53. The van der Waals surface area contributed by atoms with Gasteiger partial charge in [0.1, 0.15) is 28.5 Å². The van der Waals surface area contributed by atoms with Crippen molar-refractivity contribution < 1.29 is 14.3 Å². The fraction of sp³-hybridized carbons (Fsp3) is 0.455. The number of aromatic nitrogens is 3. The maximum absolute atomic E-state index is 13.2. The normalized spacial score (nSPS) is 18.1. The number of nitrogens with one attached hydrogen (secondary N) is 1. The largest absolute Gasteiger partial charge is 0.382 e. The Hall–Kier alpha value is -4.09. The number of nitrogen functional groups attached to an aromatic ring is 1. The highest BCUT2D eigenvalue weighted by Crippen LogP contribution is 2.31. The summed E-state index contributed by atoms with van der Waals surface area (Å²) in [6, 6.07) is 14.7. The molecule has 13 heteroatoms. The van der Waals surface area contributed by atoms with Crippen molar-refractivity contribution in [3.63, 3.8) is 0 Å². The first kappa shape index (κ1) is 33.3. The molecule has 242 valence electrons. The second-order valence-corrected chi connectivity index (χ2v) is 12.1. The van der Waals surface area contributed by atoms with Gasteiger partial charge >= 0.3 is 0 Å². The van der Waals surface area contributed by atoms with Crippen molar-refractivity contribution in [2.75, 3.05) is 70.0 Å². The summed E-state index contributed by atoms with van der Waals surface area (Å²) in [5, 5.41) is 11.9. The monoisotopic (exact) mass is 643 g/mol. The third kappa shape index (κ3) is 8.38. The second kappa shape index (κ2) is 15.5. The van der Waals surface area contributed by atoms with Gasteiger partial charge in [-0.05, 0) is 37.2 Å². The fourth-order valence-corrected chi connectivity index (χ4v) is 6.06. The Bertz CT molecular complexity index is 1570. The van der Waals surface area contributed by atoms with Crippen LogP contribution in [-0.2, 0) is 20.7 Å². The standard InChI is InChI=1S/C33H41N9O3S/c1-3-40-13-15-41(16-14-40)20-26-21-42(17-18-45-26)29(44)12-11-24-5-4-6-28(37-24)31(46)33-38-30(27(19-34)32(35)39-33)23-7-9-25(10-8-23)36-22(2)43/h4-10,26,31,46H,3,11-18,20-21H2,1-2H3,(H,36,43)(H2,35,38,39). The number of ether oxygens (including phenoxy) is 1. The first-order valence-electron chi connectivity index (χ1n) is 15.7. The van der Waals surface area contributed by atoms with E-state index in [-0.39, 0.29) is 29.3 Å². The van der Waals surface area contributed by atoms with Gasteiger partial charge in [0.05, 0.1) is 24.1 Å². The van der Waals surface area contributed by atoms with Crippen molar-refractivity contribution >= 4 is 35.9 Å². The number of anilines is 2. The molecule has 2 fully saturated rings. The van der Waals surface area contributed by atoms with Crippen LogP contribution in [0.5, 0.6) is 0 Å². The highest BCUT2D eigenvalue weighted by atomic mass is 32.1. The van der Waals surface area contributed by atoms with Crippen LogP contribution in [0.25, 0.3) is 11.3 Å². The molecule has 12 nitrogen and oxygen atoms in total. The molecule has 1 aromatic carbocycles. The smallest absolute Gasteiger partial charge is 0.223 e. The fourth-order valence-electron chi connectivity index (χ4n) is 5.80. The van der Waals surface area contributed by atoms with Gasteiger partial charge in [0.25, 0.3) is 0 Å². The van der Waals surface area contributed by atoms with Crippen LogP contribution in [0.2, 0.25) is 0 Å². The number of benzene rings is 1. The zero-order valence-corrected chi connectivity index (χ0v) is 27.2. The number of carbonyl (C=O) groups is 2. The number of thiol groups is 1. The molecule has 2 unspecified atom stereocenters. The SMILES string of the molecule is CCN1CCN(CC2CN(C(=O)CCc3cccc(C(S)c4nc(N)c(C#N)c(-c5ccc(NC(C)=O)cc5)n4)n3)CCO2)CC1. The Morgan fingerprint density at radius 1 is 1.09 bits per heavy atom. The molecule has 2 aliphatic heterocycles. The van der Waals surface area contributed by atoms with Crippen LogP contribution in [-0.4, -0.2) is 107 Å². The molecule has 2 atom stereocenters. The van der Waals surface area contributed by atoms with Crippen molar-refractivity contribution in [2.24, 2.45) is 0 Å². The number of likely N-dealkylation sites (N-methyl/N-ethyl adjacent to an activating group) is 1. The van der Waals surface area contributed by atoms with E-state index in [4.69, 9.17) is 28.1 Å². The quantitative estimate of drug-likeness (QED) is 0.281. The molecule has 3 aromatic rings. The summed E-state index contributed by atoms with van der Waals surface area (Å²) in [4.78, 5) is 45.2. The van der Waals surface area contributed by atoms with Gasteiger partial charge in [0.15, 0.2) is 0 Å². The molecule has 0 bridgehead atoms. The number of piperazine rings is 1. The molecule has 2 saturated heterocycles. The number of rotatable bonds is 10. The predicted octanol–water partition coefficient (Wildman–Crippen LogP) is 2.77. The van der Waals surface area contributed by atoms with Gasteiger partial charge in [-0.3, -0.25) is 19.5 Å². The minimum atomic E-state index is -0.623. The molecule has 46 heavy (non-hydrogen) atoms. The van der Waals surface area contributed by atoms with Gasteiger partial charge in [0, 0.05) is 76.1 Å². The van der Waals surface area contributed by atoms with E-state index < -0.39 is 5.25 Å². The number of morpholine rings is 1. The van der Waals surface area contributed by atoms with E-state index in [1.165, 1.54) is 6.92 Å². The topological polar surface area (TPSA) is 154 Å². The van der Waals surface area contributed by atoms with Crippen molar-refractivity contribution in [1.29, 1.82) is 5.26 Å². The Morgan fingerprint density at radius 3 is 2.52 bits per heavy atom. The molecular formula is C33H41N9O3S. The van der Waals surface area contributed by atoms with Gasteiger partial charge in [-0.2, -0.15) is 17.9 Å². The first-order valence-corrected chi connectivity index (χ1v) is 16.2. The maximum atomic E-state index is 13.2. The number of nitrogens with zero attached hydrogens (tertiary/aromatic N) is 7. The minimum absolute atomic E-state index is 0.0252. The Balaban J connectivity index is 1.22. The lowest BCUT2D eigenvalue weighted by atomic mass is 10.1. The van der Waals surface area contributed by atoms with Gasteiger partial charge in [-0.25, -0.2) is 9.97 Å². The molecule has 2 amide bonds. The highest BCUT2D eigenvalue weighted by Gasteiger charge is 2.27. The van der Waals surface area contributed by atoms with E-state index in [0.29, 0.717) is 61.0 Å². The Labute approximate surface area is 275 Å². The molecule has 4 heterocycles. The summed E-state index contributed by atoms with van der Waals surface area (Å²) in [5.41, 5.74) is 9.36. The second-order valence-electron chi connectivity index (χ2n) is 11.6. The maximum Gasteiger partial charge on any atom is 0.223 e. The van der Waals surface area contributed by atoms with Crippen molar-refractivity contribution in [2.45, 2.75) is 38.0 Å². The van der Waals surface area contributed by atoms with Crippen molar-refractivity contribution in [1.82, 2.24) is 29.7 Å². The van der Waals surface area contributed by atoms with Gasteiger partial charge in [-0.1, -0.05) is 25.1 Å². The number of hydrogen-bond donors (Lipinski definition) is 3. The highest BCUT2D eigenvalue weighted by molar-refractivity contribution is 7.80. The average molecular weight is 644 g/mol. The van der Waals surface area contributed by atoms with Crippen molar-refractivity contribution in [3.8, 4) is 17.3 Å². The lowest BCUT2D eigenvalue weighted by Gasteiger charge is -2.39. The zero-order chi connectivity index (χ0) is 32.6. The van der Waals surface area contributed by atoms with Crippen molar-refractivity contribution in [3.05, 3.63) is 65.2 Å². The van der Waals surface area contributed by atoms with Crippen LogP contribution in [0, 0.1) is 11.3 Å². The molecule has 3 N–H and O–H groups in total. The molecule has 0 spiro atoms. The molecule has 5 rings (SSSR count). The summed E-state index contributed by atoms with van der Waals surface area (Å²) in [6.07, 6.45) is 0.850.